The van der Waals surface area contributed by atoms with E-state index in [0.717, 1.165) is 61.4 Å². The molecule has 0 unspecified atom stereocenters. The Bertz CT molecular complexity index is 999. The molecule has 1 aliphatic rings. The zero-order valence-electron chi connectivity index (χ0n) is 17.8. The second kappa shape index (κ2) is 10.9. The van der Waals surface area contributed by atoms with Crippen LogP contribution >= 0.6 is 24.0 Å². The second-order valence-electron chi connectivity index (χ2n) is 7.87. The maximum atomic E-state index is 13.6. The lowest BCUT2D eigenvalue weighted by Crippen LogP contribution is -2.48. The van der Waals surface area contributed by atoms with Crippen molar-refractivity contribution in [2.24, 2.45) is 4.99 Å². The number of nitrogens with one attached hydrogen (secondary N) is 3. The molecule has 0 saturated carbocycles. The topological polar surface area (TPSA) is 61.4 Å². The third-order valence-electron chi connectivity index (χ3n) is 6.07. The molecule has 0 atom stereocenters. The predicted octanol–water partition coefficient (Wildman–Crippen LogP) is 4.38. The van der Waals surface area contributed by atoms with Crippen LogP contribution in [0.5, 0.6) is 0 Å². The second-order valence-corrected chi connectivity index (χ2v) is 7.87. The first-order valence-corrected chi connectivity index (χ1v) is 10.5. The van der Waals surface area contributed by atoms with Crippen molar-refractivity contribution in [3.63, 3.8) is 0 Å². The highest BCUT2D eigenvalue weighted by molar-refractivity contribution is 14.0. The van der Waals surface area contributed by atoms with Crippen molar-refractivity contribution in [1.29, 1.82) is 0 Å². The van der Waals surface area contributed by atoms with Crippen LogP contribution in [0.2, 0.25) is 0 Å². The molecule has 1 fully saturated rings. The Hall–Kier alpha value is -2.13. The molecule has 2 aromatic carbocycles. The van der Waals surface area contributed by atoms with Crippen molar-refractivity contribution in [2.75, 3.05) is 33.4 Å². The molecular formula is C24H30FIN4O. The number of benzene rings is 2. The molecular weight excluding hydrogens is 506 g/mol. The van der Waals surface area contributed by atoms with E-state index >= 15 is 0 Å². The smallest absolute Gasteiger partial charge is 0.191 e. The average molecular weight is 536 g/mol. The molecule has 1 saturated heterocycles. The van der Waals surface area contributed by atoms with Crippen molar-refractivity contribution in [1.82, 2.24) is 15.6 Å². The van der Waals surface area contributed by atoms with Gasteiger partial charge in [-0.25, -0.2) is 4.39 Å². The Labute approximate surface area is 199 Å². The number of aliphatic imine (C=N–C) groups is 1. The van der Waals surface area contributed by atoms with Gasteiger partial charge in [0, 0.05) is 55.9 Å². The van der Waals surface area contributed by atoms with Gasteiger partial charge in [-0.2, -0.15) is 0 Å². The number of ether oxygens (including phenoxy) is 1. The predicted molar refractivity (Wildman–Crippen MR) is 135 cm³/mol. The molecule has 2 heterocycles. The Balaban J connectivity index is 0.00000272. The number of guanidine groups is 1. The summed E-state index contributed by atoms with van der Waals surface area (Å²) in [6.07, 6.45) is 4.71. The van der Waals surface area contributed by atoms with Gasteiger partial charge < -0.3 is 20.4 Å². The fourth-order valence-corrected chi connectivity index (χ4v) is 4.27. The minimum absolute atomic E-state index is 0. The van der Waals surface area contributed by atoms with E-state index in [1.165, 1.54) is 11.6 Å². The van der Waals surface area contributed by atoms with E-state index in [1.54, 1.807) is 19.2 Å². The minimum atomic E-state index is -0.212. The summed E-state index contributed by atoms with van der Waals surface area (Å²) < 4.78 is 19.2. The molecule has 1 aromatic heterocycles. The standard InChI is InChI=1S/C24H29FN4O.HI/c1-26-23(27-12-9-18-16-28-22-8-7-20(25)15-21(18)22)29-17-24(10-13-30-14-11-24)19-5-3-2-4-6-19;/h2-8,15-16,28H,9-14,17H2,1H3,(H2,26,27,29);1H. The number of nitrogens with zero attached hydrogens (tertiary/aromatic N) is 1. The number of fused-ring (bicyclic) bond motifs is 1. The molecule has 0 bridgehead atoms. The van der Waals surface area contributed by atoms with Crippen LogP contribution < -0.4 is 10.6 Å². The van der Waals surface area contributed by atoms with Gasteiger partial charge in [0.2, 0.25) is 0 Å². The van der Waals surface area contributed by atoms with Crippen LogP contribution in [0.4, 0.5) is 4.39 Å². The largest absolute Gasteiger partial charge is 0.381 e. The molecule has 166 valence electrons. The van der Waals surface area contributed by atoms with Crippen LogP contribution in [0.15, 0.2) is 59.7 Å². The molecule has 0 aliphatic carbocycles. The molecule has 4 rings (SSSR count). The van der Waals surface area contributed by atoms with Crippen LogP contribution in [0.1, 0.15) is 24.0 Å². The lowest BCUT2D eigenvalue weighted by molar-refractivity contribution is 0.0514. The van der Waals surface area contributed by atoms with Gasteiger partial charge in [-0.1, -0.05) is 30.3 Å². The van der Waals surface area contributed by atoms with E-state index in [9.17, 15) is 4.39 Å². The summed E-state index contributed by atoms with van der Waals surface area (Å²) in [5, 5.41) is 7.85. The number of rotatable bonds is 6. The summed E-state index contributed by atoms with van der Waals surface area (Å²) in [5.41, 5.74) is 3.44. The Kier molecular flexibility index (Phi) is 8.31. The highest BCUT2D eigenvalue weighted by atomic mass is 127. The molecule has 1 aliphatic heterocycles. The lowest BCUT2D eigenvalue weighted by Gasteiger charge is -2.38. The molecule has 3 N–H and O–H groups in total. The van der Waals surface area contributed by atoms with Gasteiger partial charge in [0.15, 0.2) is 5.96 Å². The molecule has 0 amide bonds. The van der Waals surface area contributed by atoms with Crippen LogP contribution in [-0.4, -0.2) is 44.3 Å². The summed E-state index contributed by atoms with van der Waals surface area (Å²) >= 11 is 0. The maximum absolute atomic E-state index is 13.6. The van der Waals surface area contributed by atoms with E-state index in [4.69, 9.17) is 4.74 Å². The van der Waals surface area contributed by atoms with Gasteiger partial charge in [0.1, 0.15) is 5.82 Å². The Morgan fingerprint density at radius 2 is 1.90 bits per heavy atom. The number of hydrogen-bond acceptors (Lipinski definition) is 2. The van der Waals surface area contributed by atoms with Crippen molar-refractivity contribution < 1.29 is 9.13 Å². The summed E-state index contributed by atoms with van der Waals surface area (Å²) in [6.45, 7) is 3.07. The Morgan fingerprint density at radius 1 is 1.13 bits per heavy atom. The molecule has 31 heavy (non-hydrogen) atoms. The Morgan fingerprint density at radius 3 is 2.65 bits per heavy atom. The number of H-pyrrole nitrogens is 1. The zero-order valence-corrected chi connectivity index (χ0v) is 20.1. The zero-order chi connectivity index (χ0) is 20.8. The van der Waals surface area contributed by atoms with Gasteiger partial charge >= 0.3 is 0 Å². The normalized spacial score (nSPS) is 16.0. The van der Waals surface area contributed by atoms with Crippen molar-refractivity contribution in [3.05, 3.63) is 71.7 Å². The summed E-state index contributed by atoms with van der Waals surface area (Å²) in [6, 6.07) is 15.5. The molecule has 5 nitrogen and oxygen atoms in total. The molecule has 0 radical (unpaired) electrons. The summed E-state index contributed by atoms with van der Waals surface area (Å²) in [4.78, 5) is 7.59. The fourth-order valence-electron chi connectivity index (χ4n) is 4.27. The molecule has 0 spiro atoms. The van der Waals surface area contributed by atoms with E-state index in [-0.39, 0.29) is 35.2 Å². The third-order valence-corrected chi connectivity index (χ3v) is 6.07. The first-order chi connectivity index (χ1) is 14.7. The third kappa shape index (κ3) is 5.57. The van der Waals surface area contributed by atoms with Gasteiger partial charge in [-0.05, 0) is 48.6 Å². The van der Waals surface area contributed by atoms with Crippen LogP contribution in [0.3, 0.4) is 0 Å². The highest BCUT2D eigenvalue weighted by Crippen LogP contribution is 2.34. The minimum Gasteiger partial charge on any atom is -0.381 e. The van der Waals surface area contributed by atoms with Gasteiger partial charge in [0.05, 0.1) is 0 Å². The van der Waals surface area contributed by atoms with Gasteiger partial charge in [0.25, 0.3) is 0 Å². The van der Waals surface area contributed by atoms with E-state index in [1.807, 2.05) is 6.20 Å². The summed E-state index contributed by atoms with van der Waals surface area (Å²) in [7, 11) is 1.79. The number of aromatic nitrogens is 1. The fraction of sp³-hybridized carbons (Fsp3) is 0.375. The van der Waals surface area contributed by atoms with E-state index in [2.05, 4.69) is 50.9 Å². The molecule has 3 aromatic rings. The maximum Gasteiger partial charge on any atom is 0.191 e. The monoisotopic (exact) mass is 536 g/mol. The first-order valence-electron chi connectivity index (χ1n) is 10.5. The highest BCUT2D eigenvalue weighted by Gasteiger charge is 2.34. The van der Waals surface area contributed by atoms with Crippen molar-refractivity contribution >= 4 is 40.8 Å². The number of halogens is 2. The SMILES string of the molecule is CN=C(NCCc1c[nH]c2ccc(F)cc12)NCC1(c2ccccc2)CCOCC1.I. The molecule has 7 heteroatoms. The van der Waals surface area contributed by atoms with E-state index < -0.39 is 0 Å². The number of hydrogen-bond donors (Lipinski definition) is 3. The van der Waals surface area contributed by atoms with Crippen LogP contribution in [0.25, 0.3) is 10.9 Å². The summed E-state index contributed by atoms with van der Waals surface area (Å²) in [5.74, 6) is 0.569. The van der Waals surface area contributed by atoms with Crippen molar-refractivity contribution in [2.45, 2.75) is 24.7 Å². The van der Waals surface area contributed by atoms with Crippen LogP contribution in [-0.2, 0) is 16.6 Å². The van der Waals surface area contributed by atoms with Crippen molar-refractivity contribution in [3.8, 4) is 0 Å². The first kappa shape index (κ1) is 23.5. The average Bonchev–Trinajstić information content (AvgIpc) is 3.19. The van der Waals surface area contributed by atoms with E-state index in [0.29, 0.717) is 6.54 Å². The van der Waals surface area contributed by atoms with Gasteiger partial charge in [-0.15, -0.1) is 24.0 Å². The quantitative estimate of drug-likeness (QED) is 0.249. The number of aromatic amines is 1. The van der Waals surface area contributed by atoms with Gasteiger partial charge in [-0.3, -0.25) is 4.99 Å². The lowest BCUT2D eigenvalue weighted by atomic mass is 9.74. The van der Waals surface area contributed by atoms with Crippen LogP contribution in [0, 0.1) is 5.82 Å².